The van der Waals surface area contributed by atoms with Crippen molar-refractivity contribution in [2.75, 3.05) is 19.6 Å². The van der Waals surface area contributed by atoms with E-state index in [4.69, 9.17) is 0 Å². The van der Waals surface area contributed by atoms with E-state index in [0.29, 0.717) is 12.5 Å². The van der Waals surface area contributed by atoms with Crippen LogP contribution in [0.25, 0.3) is 0 Å². The first-order valence-corrected chi connectivity index (χ1v) is 9.86. The normalized spacial score (nSPS) is 19.0. The number of likely N-dealkylation sites (tertiary alicyclic amines) is 2. The summed E-state index contributed by atoms with van der Waals surface area (Å²) >= 11 is 1.71. The van der Waals surface area contributed by atoms with Crippen molar-refractivity contribution in [3.8, 4) is 0 Å². The second-order valence-corrected chi connectivity index (χ2v) is 7.85. The van der Waals surface area contributed by atoms with E-state index in [9.17, 15) is 9.59 Å². The molecular formula is C19H23N3O2S. The van der Waals surface area contributed by atoms with Gasteiger partial charge in [0, 0.05) is 43.2 Å². The molecule has 5 nitrogen and oxygen atoms in total. The molecule has 2 saturated heterocycles. The predicted molar refractivity (Wildman–Crippen MR) is 97.7 cm³/mol. The SMILES string of the molecule is O=C(c1cccn1Cc1cccs1)N1CCC(N2CCCC2=O)CC1. The Morgan fingerprint density at radius 2 is 2.00 bits per heavy atom. The van der Waals surface area contributed by atoms with Crippen LogP contribution < -0.4 is 0 Å². The topological polar surface area (TPSA) is 45.6 Å². The van der Waals surface area contributed by atoms with Gasteiger partial charge in [0.15, 0.2) is 0 Å². The van der Waals surface area contributed by atoms with Gasteiger partial charge >= 0.3 is 0 Å². The van der Waals surface area contributed by atoms with Crippen LogP contribution in [0.2, 0.25) is 0 Å². The van der Waals surface area contributed by atoms with E-state index in [0.717, 1.165) is 51.1 Å². The summed E-state index contributed by atoms with van der Waals surface area (Å²) in [7, 11) is 0. The molecule has 0 atom stereocenters. The molecule has 0 unspecified atom stereocenters. The third-order valence-corrected chi connectivity index (χ3v) is 6.12. The molecule has 132 valence electrons. The lowest BCUT2D eigenvalue weighted by molar-refractivity contribution is -0.130. The zero-order valence-corrected chi connectivity index (χ0v) is 15.1. The minimum absolute atomic E-state index is 0.104. The van der Waals surface area contributed by atoms with Gasteiger partial charge in [-0.25, -0.2) is 0 Å². The largest absolute Gasteiger partial charge is 0.340 e. The molecule has 0 aliphatic carbocycles. The summed E-state index contributed by atoms with van der Waals surface area (Å²) in [4.78, 5) is 30.1. The third kappa shape index (κ3) is 3.35. The summed E-state index contributed by atoms with van der Waals surface area (Å²) in [5.41, 5.74) is 0.754. The van der Waals surface area contributed by atoms with Gasteiger partial charge in [-0.3, -0.25) is 9.59 Å². The molecule has 2 amide bonds. The average molecular weight is 357 g/mol. The Kier molecular flexibility index (Phi) is 4.61. The van der Waals surface area contributed by atoms with E-state index in [1.54, 1.807) is 11.3 Å². The van der Waals surface area contributed by atoms with E-state index >= 15 is 0 Å². The van der Waals surface area contributed by atoms with Crippen LogP contribution in [-0.4, -0.2) is 51.9 Å². The van der Waals surface area contributed by atoms with Crippen molar-refractivity contribution >= 4 is 23.2 Å². The van der Waals surface area contributed by atoms with Crippen LogP contribution in [0.15, 0.2) is 35.8 Å². The quantitative estimate of drug-likeness (QED) is 0.845. The summed E-state index contributed by atoms with van der Waals surface area (Å²) < 4.78 is 2.03. The zero-order chi connectivity index (χ0) is 17.2. The highest BCUT2D eigenvalue weighted by molar-refractivity contribution is 7.09. The molecule has 0 radical (unpaired) electrons. The molecule has 2 aromatic heterocycles. The van der Waals surface area contributed by atoms with E-state index in [-0.39, 0.29) is 11.8 Å². The van der Waals surface area contributed by atoms with Gasteiger partial charge in [0.1, 0.15) is 5.69 Å². The number of hydrogen-bond acceptors (Lipinski definition) is 3. The summed E-state index contributed by atoms with van der Waals surface area (Å²) in [6.45, 7) is 3.10. The number of thiophene rings is 1. The first-order chi connectivity index (χ1) is 12.2. The number of aromatic nitrogens is 1. The maximum Gasteiger partial charge on any atom is 0.270 e. The Morgan fingerprint density at radius 1 is 1.16 bits per heavy atom. The second kappa shape index (κ2) is 7.04. The summed E-state index contributed by atoms with van der Waals surface area (Å²) in [5.74, 6) is 0.391. The molecule has 25 heavy (non-hydrogen) atoms. The highest BCUT2D eigenvalue weighted by Gasteiger charge is 2.32. The number of carbonyl (C=O) groups is 2. The fourth-order valence-corrected chi connectivity index (χ4v) is 4.62. The number of piperidine rings is 1. The molecule has 2 aromatic rings. The molecule has 0 saturated carbocycles. The van der Waals surface area contributed by atoms with Gasteiger partial charge in [-0.05, 0) is 42.8 Å². The lowest BCUT2D eigenvalue weighted by atomic mass is 10.0. The molecule has 6 heteroatoms. The monoisotopic (exact) mass is 357 g/mol. The van der Waals surface area contributed by atoms with Gasteiger partial charge < -0.3 is 14.4 Å². The summed E-state index contributed by atoms with van der Waals surface area (Å²) in [5, 5.41) is 2.06. The third-order valence-electron chi connectivity index (χ3n) is 5.26. The van der Waals surface area contributed by atoms with Gasteiger partial charge in [-0.15, -0.1) is 11.3 Å². The smallest absolute Gasteiger partial charge is 0.270 e. The van der Waals surface area contributed by atoms with Gasteiger partial charge in [0.2, 0.25) is 5.91 Å². The fourth-order valence-electron chi connectivity index (χ4n) is 3.91. The maximum absolute atomic E-state index is 12.9. The van der Waals surface area contributed by atoms with Crippen molar-refractivity contribution < 1.29 is 9.59 Å². The van der Waals surface area contributed by atoms with Crippen molar-refractivity contribution in [1.29, 1.82) is 0 Å². The van der Waals surface area contributed by atoms with Gasteiger partial charge in [-0.1, -0.05) is 6.07 Å². The minimum atomic E-state index is 0.104. The highest BCUT2D eigenvalue weighted by Crippen LogP contribution is 2.23. The number of rotatable bonds is 4. The van der Waals surface area contributed by atoms with Crippen LogP contribution in [-0.2, 0) is 11.3 Å². The van der Waals surface area contributed by atoms with Crippen molar-refractivity contribution in [1.82, 2.24) is 14.4 Å². The van der Waals surface area contributed by atoms with Crippen molar-refractivity contribution in [2.24, 2.45) is 0 Å². The van der Waals surface area contributed by atoms with E-state index in [1.165, 1.54) is 4.88 Å². The first kappa shape index (κ1) is 16.4. The van der Waals surface area contributed by atoms with E-state index in [2.05, 4.69) is 11.4 Å². The molecule has 4 rings (SSSR count). The average Bonchev–Trinajstić information content (AvgIpc) is 3.37. The molecule has 4 heterocycles. The van der Waals surface area contributed by atoms with Crippen LogP contribution in [0.3, 0.4) is 0 Å². The lowest BCUT2D eigenvalue weighted by Gasteiger charge is -2.36. The lowest BCUT2D eigenvalue weighted by Crippen LogP contribution is -2.47. The number of hydrogen-bond donors (Lipinski definition) is 0. The molecule has 0 bridgehead atoms. The van der Waals surface area contributed by atoms with Gasteiger partial charge in [0.05, 0.1) is 6.54 Å². The molecule has 2 fully saturated rings. The molecule has 0 spiro atoms. The molecular weight excluding hydrogens is 334 g/mol. The van der Waals surface area contributed by atoms with Crippen LogP contribution in [0.4, 0.5) is 0 Å². The highest BCUT2D eigenvalue weighted by atomic mass is 32.1. The van der Waals surface area contributed by atoms with Gasteiger partial charge in [0.25, 0.3) is 5.91 Å². The predicted octanol–water partition coefficient (Wildman–Crippen LogP) is 2.82. The Labute approximate surface area is 151 Å². The molecule has 2 aliphatic heterocycles. The van der Waals surface area contributed by atoms with Crippen LogP contribution >= 0.6 is 11.3 Å². The number of amides is 2. The van der Waals surface area contributed by atoms with Crippen LogP contribution in [0.1, 0.15) is 41.0 Å². The fraction of sp³-hybridized carbons (Fsp3) is 0.474. The Balaban J connectivity index is 1.39. The minimum Gasteiger partial charge on any atom is -0.340 e. The van der Waals surface area contributed by atoms with Gasteiger partial charge in [-0.2, -0.15) is 0 Å². The molecule has 2 aliphatic rings. The standard InChI is InChI=1S/C19H23N3O2S/c23-18-6-2-10-22(18)15-7-11-20(12-8-15)19(24)17-5-1-9-21(17)14-16-4-3-13-25-16/h1,3-5,9,13,15H,2,6-8,10-12,14H2. The first-order valence-electron chi connectivity index (χ1n) is 8.98. The van der Waals surface area contributed by atoms with Crippen molar-refractivity contribution in [3.05, 3.63) is 46.4 Å². The van der Waals surface area contributed by atoms with Crippen molar-refractivity contribution in [3.63, 3.8) is 0 Å². The molecule has 0 aromatic carbocycles. The summed E-state index contributed by atoms with van der Waals surface area (Å²) in [6.07, 6.45) is 5.43. The zero-order valence-electron chi connectivity index (χ0n) is 14.3. The Morgan fingerprint density at radius 3 is 2.68 bits per heavy atom. The number of nitrogens with zero attached hydrogens (tertiary/aromatic N) is 3. The Bertz CT molecular complexity index is 745. The Hall–Kier alpha value is -2.08. The van der Waals surface area contributed by atoms with Crippen LogP contribution in [0.5, 0.6) is 0 Å². The van der Waals surface area contributed by atoms with E-state index < -0.39 is 0 Å². The second-order valence-electron chi connectivity index (χ2n) is 6.81. The van der Waals surface area contributed by atoms with Crippen LogP contribution in [0, 0.1) is 0 Å². The number of carbonyl (C=O) groups excluding carboxylic acids is 2. The maximum atomic E-state index is 12.9. The van der Waals surface area contributed by atoms with E-state index in [1.807, 2.05) is 38.8 Å². The summed E-state index contributed by atoms with van der Waals surface area (Å²) in [6, 6.07) is 8.30. The molecule has 0 N–H and O–H groups in total. The van der Waals surface area contributed by atoms with Crippen molar-refractivity contribution in [2.45, 2.75) is 38.3 Å².